The Labute approximate surface area is 73.9 Å². The van der Waals surface area contributed by atoms with Gasteiger partial charge in [-0.2, -0.15) is 0 Å². The number of likely N-dealkylation sites (N-methyl/N-ethyl adjacent to an activating group) is 2. The van der Waals surface area contributed by atoms with Crippen molar-refractivity contribution in [3.63, 3.8) is 0 Å². The molecule has 0 rings (SSSR count). The molecule has 0 aromatic rings. The van der Waals surface area contributed by atoms with E-state index in [1.54, 1.807) is 19.1 Å². The quantitative estimate of drug-likeness (QED) is 0.601. The van der Waals surface area contributed by atoms with Gasteiger partial charge >= 0.3 is 0 Å². The van der Waals surface area contributed by atoms with Crippen molar-refractivity contribution in [2.24, 2.45) is 0 Å². The molecule has 12 heavy (non-hydrogen) atoms. The zero-order valence-electron chi connectivity index (χ0n) is 8.09. The van der Waals surface area contributed by atoms with Gasteiger partial charge in [-0.1, -0.05) is 6.92 Å². The van der Waals surface area contributed by atoms with Crippen molar-refractivity contribution in [2.45, 2.75) is 6.92 Å². The molecular weight excluding hydrogens is 156 g/mol. The lowest BCUT2D eigenvalue weighted by molar-refractivity contribution is -0.129. The van der Waals surface area contributed by atoms with Gasteiger partial charge in [0, 0.05) is 20.7 Å². The number of hydrogen-bond acceptors (Lipinski definition) is 3. The molecule has 4 nitrogen and oxygen atoms in total. The van der Waals surface area contributed by atoms with Crippen LogP contribution in [-0.4, -0.2) is 51.2 Å². The summed E-state index contributed by atoms with van der Waals surface area (Å²) in [7, 11) is 3.40. The highest BCUT2D eigenvalue weighted by Gasteiger charge is 2.05. The summed E-state index contributed by atoms with van der Waals surface area (Å²) in [6.07, 6.45) is 0. The van der Waals surface area contributed by atoms with Crippen molar-refractivity contribution in [2.75, 3.05) is 40.4 Å². The summed E-state index contributed by atoms with van der Waals surface area (Å²) < 4.78 is 4.85. The van der Waals surface area contributed by atoms with Crippen molar-refractivity contribution in [3.8, 4) is 0 Å². The van der Waals surface area contributed by atoms with Crippen molar-refractivity contribution >= 4 is 5.91 Å². The zero-order valence-corrected chi connectivity index (χ0v) is 8.09. The molecule has 0 saturated carbocycles. The SMILES string of the molecule is CCNCC(=O)N(C)CCOC. The van der Waals surface area contributed by atoms with E-state index in [4.69, 9.17) is 4.74 Å². The summed E-state index contributed by atoms with van der Waals surface area (Å²) in [6.45, 7) is 4.46. The molecule has 0 aliphatic rings. The monoisotopic (exact) mass is 174 g/mol. The van der Waals surface area contributed by atoms with Crippen LogP contribution in [0.5, 0.6) is 0 Å². The average Bonchev–Trinajstić information content (AvgIpc) is 2.10. The fourth-order valence-corrected chi connectivity index (χ4v) is 0.720. The van der Waals surface area contributed by atoms with E-state index in [9.17, 15) is 4.79 Å². The summed E-state index contributed by atoms with van der Waals surface area (Å²) in [4.78, 5) is 12.9. The molecule has 0 radical (unpaired) electrons. The van der Waals surface area contributed by atoms with Gasteiger partial charge in [0.05, 0.1) is 13.2 Å². The second kappa shape index (κ2) is 7.06. The van der Waals surface area contributed by atoms with Gasteiger partial charge in [-0.05, 0) is 6.54 Å². The Balaban J connectivity index is 3.47. The Morgan fingerprint density at radius 2 is 2.25 bits per heavy atom. The zero-order chi connectivity index (χ0) is 9.40. The number of hydrogen-bond donors (Lipinski definition) is 1. The minimum absolute atomic E-state index is 0.105. The largest absolute Gasteiger partial charge is 0.383 e. The first-order chi connectivity index (χ1) is 5.72. The van der Waals surface area contributed by atoms with E-state index in [1.165, 1.54) is 0 Å². The fraction of sp³-hybridized carbons (Fsp3) is 0.875. The standard InChI is InChI=1S/C8H18N2O2/c1-4-9-7-8(11)10(2)5-6-12-3/h9H,4-7H2,1-3H3. The topological polar surface area (TPSA) is 41.6 Å². The van der Waals surface area contributed by atoms with Gasteiger partial charge in [0.15, 0.2) is 0 Å². The van der Waals surface area contributed by atoms with Crippen LogP contribution in [0.1, 0.15) is 6.92 Å². The number of ether oxygens (including phenoxy) is 1. The Bertz CT molecular complexity index is 128. The molecule has 0 aromatic carbocycles. The molecule has 72 valence electrons. The van der Waals surface area contributed by atoms with E-state index in [0.717, 1.165) is 6.54 Å². The van der Waals surface area contributed by atoms with Gasteiger partial charge in [0.2, 0.25) is 5.91 Å². The number of nitrogens with zero attached hydrogens (tertiary/aromatic N) is 1. The van der Waals surface area contributed by atoms with Crippen LogP contribution in [0.4, 0.5) is 0 Å². The fourth-order valence-electron chi connectivity index (χ4n) is 0.720. The molecule has 4 heteroatoms. The third kappa shape index (κ3) is 5.09. The molecule has 1 amide bonds. The highest BCUT2D eigenvalue weighted by atomic mass is 16.5. The van der Waals surface area contributed by atoms with Crippen LogP contribution in [0.25, 0.3) is 0 Å². The number of nitrogens with one attached hydrogen (secondary N) is 1. The predicted molar refractivity (Wildman–Crippen MR) is 48.1 cm³/mol. The molecule has 0 bridgehead atoms. The maximum absolute atomic E-state index is 11.2. The molecule has 0 aromatic heterocycles. The number of methoxy groups -OCH3 is 1. The first-order valence-electron chi connectivity index (χ1n) is 4.16. The normalized spacial score (nSPS) is 9.92. The molecule has 0 heterocycles. The lowest BCUT2D eigenvalue weighted by Gasteiger charge is -2.16. The highest BCUT2D eigenvalue weighted by molar-refractivity contribution is 5.77. The second-order valence-electron chi connectivity index (χ2n) is 2.59. The number of carbonyl (C=O) groups is 1. The first kappa shape index (κ1) is 11.4. The molecule has 0 fully saturated rings. The first-order valence-corrected chi connectivity index (χ1v) is 4.16. The van der Waals surface area contributed by atoms with Crippen LogP contribution in [0.15, 0.2) is 0 Å². The van der Waals surface area contributed by atoms with Crippen LogP contribution in [0, 0.1) is 0 Å². The Morgan fingerprint density at radius 1 is 1.58 bits per heavy atom. The van der Waals surface area contributed by atoms with Crippen LogP contribution in [-0.2, 0) is 9.53 Å². The average molecular weight is 174 g/mol. The lowest BCUT2D eigenvalue weighted by Crippen LogP contribution is -2.37. The summed E-state index contributed by atoms with van der Waals surface area (Å²) in [5, 5.41) is 2.97. The van der Waals surface area contributed by atoms with Gasteiger partial charge in [-0.25, -0.2) is 0 Å². The number of rotatable bonds is 6. The van der Waals surface area contributed by atoms with Crippen LogP contribution < -0.4 is 5.32 Å². The van der Waals surface area contributed by atoms with E-state index < -0.39 is 0 Å². The van der Waals surface area contributed by atoms with Crippen LogP contribution >= 0.6 is 0 Å². The summed E-state index contributed by atoms with van der Waals surface area (Å²) in [5.74, 6) is 0.105. The third-order valence-corrected chi connectivity index (χ3v) is 1.58. The number of amides is 1. The van der Waals surface area contributed by atoms with Gasteiger partial charge in [0.25, 0.3) is 0 Å². The summed E-state index contributed by atoms with van der Waals surface area (Å²) >= 11 is 0. The minimum Gasteiger partial charge on any atom is -0.383 e. The van der Waals surface area contributed by atoms with E-state index >= 15 is 0 Å². The van der Waals surface area contributed by atoms with Crippen LogP contribution in [0.3, 0.4) is 0 Å². The maximum Gasteiger partial charge on any atom is 0.236 e. The molecule has 0 aliphatic heterocycles. The second-order valence-corrected chi connectivity index (χ2v) is 2.59. The molecule has 0 spiro atoms. The molecule has 1 N–H and O–H groups in total. The van der Waals surface area contributed by atoms with Crippen molar-refractivity contribution < 1.29 is 9.53 Å². The molecular formula is C8H18N2O2. The van der Waals surface area contributed by atoms with Crippen LogP contribution in [0.2, 0.25) is 0 Å². The van der Waals surface area contributed by atoms with E-state index in [2.05, 4.69) is 5.32 Å². The predicted octanol–water partition coefficient (Wildman–Crippen LogP) is -0.299. The van der Waals surface area contributed by atoms with Crippen molar-refractivity contribution in [1.82, 2.24) is 10.2 Å². The minimum atomic E-state index is 0.105. The third-order valence-electron chi connectivity index (χ3n) is 1.58. The molecule has 0 unspecified atom stereocenters. The molecule has 0 aliphatic carbocycles. The Kier molecular flexibility index (Phi) is 6.70. The van der Waals surface area contributed by atoms with Gasteiger partial charge in [-0.3, -0.25) is 4.79 Å². The van der Waals surface area contributed by atoms with E-state index in [1.807, 2.05) is 6.92 Å². The highest BCUT2D eigenvalue weighted by Crippen LogP contribution is 1.83. The summed E-state index contributed by atoms with van der Waals surface area (Å²) in [5.41, 5.74) is 0. The van der Waals surface area contributed by atoms with E-state index in [-0.39, 0.29) is 5.91 Å². The Hall–Kier alpha value is -0.610. The smallest absolute Gasteiger partial charge is 0.236 e. The van der Waals surface area contributed by atoms with Gasteiger partial charge in [0.1, 0.15) is 0 Å². The van der Waals surface area contributed by atoms with Gasteiger partial charge < -0.3 is 15.0 Å². The lowest BCUT2D eigenvalue weighted by atomic mass is 10.5. The van der Waals surface area contributed by atoms with Gasteiger partial charge in [-0.15, -0.1) is 0 Å². The maximum atomic E-state index is 11.2. The molecule has 0 saturated heterocycles. The van der Waals surface area contributed by atoms with Crippen molar-refractivity contribution in [1.29, 1.82) is 0 Å². The summed E-state index contributed by atoms with van der Waals surface area (Å²) in [6, 6.07) is 0. The van der Waals surface area contributed by atoms with E-state index in [0.29, 0.717) is 19.7 Å². The number of carbonyl (C=O) groups excluding carboxylic acids is 1. The Morgan fingerprint density at radius 3 is 2.75 bits per heavy atom. The van der Waals surface area contributed by atoms with Crippen molar-refractivity contribution in [3.05, 3.63) is 0 Å². The molecule has 0 atom stereocenters.